The van der Waals surface area contributed by atoms with Crippen LogP contribution < -0.4 is 0 Å². The molecule has 0 aliphatic rings. The van der Waals surface area contributed by atoms with Crippen molar-refractivity contribution in [1.29, 1.82) is 0 Å². The molecule has 0 amide bonds. The average Bonchev–Trinajstić information content (AvgIpc) is 2.64. The summed E-state index contributed by atoms with van der Waals surface area (Å²) in [6.45, 7) is 8.11. The first-order valence-electron chi connectivity index (χ1n) is 8.53. The van der Waals surface area contributed by atoms with E-state index in [0.717, 1.165) is 33.5 Å². The zero-order valence-electron chi connectivity index (χ0n) is 16.2. The molecule has 0 aliphatic heterocycles. The molecule has 0 saturated heterocycles. The van der Waals surface area contributed by atoms with Crippen LogP contribution >= 0.6 is 0 Å². The number of benzene rings is 1. The van der Waals surface area contributed by atoms with E-state index in [2.05, 4.69) is 28.7 Å². The Labute approximate surface area is 156 Å². The van der Waals surface area contributed by atoms with E-state index in [1.165, 1.54) is 0 Å². The number of allylic oxidation sites excluding steroid dienone is 4. The van der Waals surface area contributed by atoms with Gasteiger partial charge in [0.1, 0.15) is 0 Å². The van der Waals surface area contributed by atoms with Crippen molar-refractivity contribution >= 4 is 17.4 Å². The van der Waals surface area contributed by atoms with Crippen molar-refractivity contribution in [3.63, 3.8) is 0 Å². The molecule has 4 nitrogen and oxygen atoms in total. The minimum atomic E-state index is 0.710. The molecular formula is C22H26N4. The van der Waals surface area contributed by atoms with Crippen LogP contribution in [0.3, 0.4) is 0 Å². The minimum Gasteiger partial charge on any atom is -0.383 e. The molecule has 0 saturated carbocycles. The highest BCUT2D eigenvalue weighted by atomic mass is 15.0. The van der Waals surface area contributed by atoms with Crippen molar-refractivity contribution in [1.82, 2.24) is 14.9 Å². The predicted octanol–water partition coefficient (Wildman–Crippen LogP) is 4.64. The average molecular weight is 346 g/mol. The molecule has 0 unspecified atom stereocenters. The normalized spacial score (nSPS) is 12.1. The lowest BCUT2D eigenvalue weighted by Gasteiger charge is -2.10. The third kappa shape index (κ3) is 4.76. The van der Waals surface area contributed by atoms with E-state index in [1.54, 1.807) is 7.05 Å². The summed E-state index contributed by atoms with van der Waals surface area (Å²) in [5.41, 5.74) is 5.91. The fourth-order valence-corrected chi connectivity index (χ4v) is 2.54. The first-order valence-corrected chi connectivity index (χ1v) is 8.53. The molecule has 2 rings (SSSR count). The zero-order chi connectivity index (χ0) is 19.1. The lowest BCUT2D eigenvalue weighted by atomic mass is 10.0. The van der Waals surface area contributed by atoms with E-state index in [4.69, 9.17) is 4.98 Å². The minimum absolute atomic E-state index is 0.710. The second-order valence-corrected chi connectivity index (χ2v) is 6.21. The van der Waals surface area contributed by atoms with Crippen molar-refractivity contribution in [2.75, 3.05) is 21.1 Å². The highest BCUT2D eigenvalue weighted by Gasteiger charge is 2.08. The maximum Gasteiger partial charge on any atom is 0.159 e. The monoisotopic (exact) mass is 346 g/mol. The Bertz CT molecular complexity index is 873. The zero-order valence-corrected chi connectivity index (χ0v) is 16.2. The molecule has 0 aliphatic carbocycles. The summed E-state index contributed by atoms with van der Waals surface area (Å²) < 4.78 is 0. The molecule has 26 heavy (non-hydrogen) atoms. The van der Waals surface area contributed by atoms with Crippen molar-refractivity contribution in [3.05, 3.63) is 72.2 Å². The smallest absolute Gasteiger partial charge is 0.159 e. The van der Waals surface area contributed by atoms with Crippen LogP contribution in [0.15, 0.2) is 60.4 Å². The van der Waals surface area contributed by atoms with E-state index in [0.29, 0.717) is 5.82 Å². The molecule has 0 N–H and O–H groups in total. The predicted molar refractivity (Wildman–Crippen MR) is 112 cm³/mol. The molecule has 0 bridgehead atoms. The van der Waals surface area contributed by atoms with E-state index in [-0.39, 0.29) is 0 Å². The van der Waals surface area contributed by atoms with Gasteiger partial charge in [0, 0.05) is 50.4 Å². The van der Waals surface area contributed by atoms with E-state index in [9.17, 15) is 0 Å². The van der Waals surface area contributed by atoms with Gasteiger partial charge in [-0.1, -0.05) is 30.9 Å². The Morgan fingerprint density at radius 2 is 2.04 bits per heavy atom. The summed E-state index contributed by atoms with van der Waals surface area (Å²) in [6, 6.07) is 8.19. The Kier molecular flexibility index (Phi) is 6.61. The maximum atomic E-state index is 4.69. The van der Waals surface area contributed by atoms with Crippen molar-refractivity contribution in [2.24, 2.45) is 4.99 Å². The first kappa shape index (κ1) is 19.3. The van der Waals surface area contributed by atoms with Gasteiger partial charge in [0.2, 0.25) is 0 Å². The van der Waals surface area contributed by atoms with Crippen LogP contribution in [0.5, 0.6) is 0 Å². The molecule has 2 aromatic rings. The third-order valence-electron chi connectivity index (χ3n) is 3.93. The van der Waals surface area contributed by atoms with Crippen molar-refractivity contribution in [2.45, 2.75) is 13.8 Å². The first-order chi connectivity index (χ1) is 12.5. The molecule has 0 radical (unpaired) electrons. The van der Waals surface area contributed by atoms with Crippen LogP contribution in [0.25, 0.3) is 22.5 Å². The number of aryl methyl sites for hydroxylation is 1. The molecule has 0 atom stereocenters. The third-order valence-corrected chi connectivity index (χ3v) is 3.93. The van der Waals surface area contributed by atoms with Gasteiger partial charge in [-0.15, -0.1) is 0 Å². The van der Waals surface area contributed by atoms with E-state index >= 15 is 0 Å². The van der Waals surface area contributed by atoms with Crippen molar-refractivity contribution < 1.29 is 0 Å². The largest absolute Gasteiger partial charge is 0.383 e. The van der Waals surface area contributed by atoms with E-state index < -0.39 is 0 Å². The van der Waals surface area contributed by atoms with Crippen molar-refractivity contribution in [3.8, 4) is 11.4 Å². The molecule has 1 aromatic heterocycles. The summed E-state index contributed by atoms with van der Waals surface area (Å²) in [5, 5.41) is 0. The van der Waals surface area contributed by atoms with Crippen LogP contribution in [-0.2, 0) is 0 Å². The summed E-state index contributed by atoms with van der Waals surface area (Å²) >= 11 is 0. The summed E-state index contributed by atoms with van der Waals surface area (Å²) in [4.78, 5) is 15.3. The van der Waals surface area contributed by atoms with Gasteiger partial charge in [-0.25, -0.2) is 9.97 Å². The van der Waals surface area contributed by atoms with E-state index in [1.807, 2.05) is 75.7 Å². The van der Waals surface area contributed by atoms with Crippen LogP contribution in [0.2, 0.25) is 0 Å². The van der Waals surface area contributed by atoms with Crippen LogP contribution in [0, 0.1) is 6.92 Å². The van der Waals surface area contributed by atoms with Gasteiger partial charge in [-0.2, -0.15) is 0 Å². The quantitative estimate of drug-likeness (QED) is 0.565. The van der Waals surface area contributed by atoms with Gasteiger partial charge in [-0.05, 0) is 48.9 Å². The second-order valence-electron chi connectivity index (χ2n) is 6.21. The highest BCUT2D eigenvalue weighted by Crippen LogP contribution is 2.23. The van der Waals surface area contributed by atoms with Gasteiger partial charge in [0.25, 0.3) is 0 Å². The number of rotatable bonds is 6. The number of aromatic nitrogens is 2. The molecule has 0 fully saturated rings. The van der Waals surface area contributed by atoms with Crippen LogP contribution in [0.4, 0.5) is 0 Å². The summed E-state index contributed by atoms with van der Waals surface area (Å²) in [6.07, 6.45) is 9.68. The van der Waals surface area contributed by atoms with Gasteiger partial charge in [0.15, 0.2) is 5.82 Å². The van der Waals surface area contributed by atoms with Gasteiger partial charge < -0.3 is 4.90 Å². The SMILES string of the molecule is C=C(/C=C\N(C)C)c1cnc(-c2cccc(C(/C=N\C)=C/C)c2)nc1C. The number of nitrogens with zero attached hydrogens (tertiary/aromatic N) is 4. The number of hydrogen-bond donors (Lipinski definition) is 0. The lowest BCUT2D eigenvalue weighted by Crippen LogP contribution is -2.01. The number of aliphatic imine (C=N–C) groups is 1. The van der Waals surface area contributed by atoms with Gasteiger partial charge in [0.05, 0.1) is 0 Å². The Hall–Kier alpha value is -3.01. The molecule has 4 heteroatoms. The second kappa shape index (κ2) is 8.90. The molecular weight excluding hydrogens is 320 g/mol. The van der Waals surface area contributed by atoms with Gasteiger partial charge >= 0.3 is 0 Å². The topological polar surface area (TPSA) is 41.4 Å². The molecule has 134 valence electrons. The van der Waals surface area contributed by atoms with Gasteiger partial charge in [-0.3, -0.25) is 4.99 Å². The fourth-order valence-electron chi connectivity index (χ4n) is 2.54. The maximum absolute atomic E-state index is 4.69. The summed E-state index contributed by atoms with van der Waals surface area (Å²) in [5.74, 6) is 0.710. The number of hydrogen-bond acceptors (Lipinski definition) is 4. The fraction of sp³-hybridized carbons (Fsp3) is 0.227. The molecule has 0 spiro atoms. The Morgan fingerprint density at radius 1 is 1.27 bits per heavy atom. The molecule has 1 aromatic carbocycles. The standard InChI is InChI=1S/C22H26N4/c1-7-18(14-23-4)19-9-8-10-20(13-19)22-24-15-21(17(3)25-22)16(2)11-12-26(5)6/h7-15H,2H2,1,3-6H3/b12-11-,18-7+,23-14-. The Balaban J connectivity index is 2.36. The summed E-state index contributed by atoms with van der Waals surface area (Å²) in [7, 11) is 5.73. The Morgan fingerprint density at radius 3 is 2.65 bits per heavy atom. The molecule has 1 heterocycles. The van der Waals surface area contributed by atoms with Crippen LogP contribution in [0.1, 0.15) is 23.7 Å². The lowest BCUT2D eigenvalue weighted by molar-refractivity contribution is 0.564. The highest BCUT2D eigenvalue weighted by molar-refractivity contribution is 6.09. The van der Waals surface area contributed by atoms with Crippen LogP contribution in [-0.4, -0.2) is 42.2 Å².